The van der Waals surface area contributed by atoms with Crippen LogP contribution in [0.1, 0.15) is 18.4 Å². The Morgan fingerprint density at radius 1 is 1.42 bits per heavy atom. The Bertz CT molecular complexity index is 424. The second kappa shape index (κ2) is 8.33. The third-order valence-corrected chi connectivity index (χ3v) is 2.97. The second-order valence-electron chi connectivity index (χ2n) is 3.59. The largest absolute Gasteiger partial charge is 0.392 e. The van der Waals surface area contributed by atoms with Crippen molar-refractivity contribution in [3.05, 3.63) is 39.9 Å². The van der Waals surface area contributed by atoms with Crippen LogP contribution in [-0.4, -0.2) is 22.7 Å². The van der Waals surface area contributed by atoms with Gasteiger partial charge in [-0.2, -0.15) is 0 Å². The van der Waals surface area contributed by atoms with E-state index in [1.165, 1.54) is 0 Å². The summed E-state index contributed by atoms with van der Waals surface area (Å²) in [6, 6.07) is 7.09. The molecule has 8 heteroatoms. The van der Waals surface area contributed by atoms with Gasteiger partial charge in [0.1, 0.15) is 0 Å². The van der Waals surface area contributed by atoms with Gasteiger partial charge in [0.05, 0.1) is 13.2 Å². The summed E-state index contributed by atoms with van der Waals surface area (Å²) < 4.78 is 2.61. The minimum Gasteiger partial charge on any atom is -0.392 e. The Kier molecular flexibility index (Phi) is 6.69. The average molecular weight is 286 g/mol. The number of aliphatic hydroxyl groups is 1. The molecule has 0 atom stereocenters. The van der Waals surface area contributed by atoms with Crippen LogP contribution in [0.4, 0.5) is 0 Å². The summed E-state index contributed by atoms with van der Waals surface area (Å²) in [6.45, 7) is -0.107. The standard InChI is InChI=1S/C11H14N2O5S/c14-8-9-3-5-10(6-4-9)19-12-11(15)2-1-7-18-13(16)17/h3-6,14H,1-2,7-8H2,(H,12,15). The topological polar surface area (TPSA) is 102 Å². The molecule has 2 N–H and O–H groups in total. The number of benzene rings is 1. The number of carbonyl (C=O) groups excluding carboxylic acids is 1. The first-order valence-electron chi connectivity index (χ1n) is 5.54. The Morgan fingerprint density at radius 3 is 2.68 bits per heavy atom. The molecule has 1 rings (SSSR count). The highest BCUT2D eigenvalue weighted by atomic mass is 32.2. The van der Waals surface area contributed by atoms with E-state index in [0.717, 1.165) is 22.4 Å². The van der Waals surface area contributed by atoms with Crippen molar-refractivity contribution in [1.29, 1.82) is 0 Å². The fourth-order valence-corrected chi connectivity index (χ4v) is 1.81. The van der Waals surface area contributed by atoms with E-state index in [1.807, 2.05) is 0 Å². The summed E-state index contributed by atoms with van der Waals surface area (Å²) in [7, 11) is 0. The minimum absolute atomic E-state index is 0.0201. The maximum absolute atomic E-state index is 11.4. The molecule has 0 spiro atoms. The molecule has 1 aromatic rings. The number of carbonyl (C=O) groups is 1. The number of hydrogen-bond acceptors (Lipinski definition) is 6. The van der Waals surface area contributed by atoms with Gasteiger partial charge in [0.15, 0.2) is 0 Å². The van der Waals surface area contributed by atoms with Gasteiger partial charge >= 0.3 is 0 Å². The number of hydrogen-bond donors (Lipinski definition) is 2. The lowest BCUT2D eigenvalue weighted by atomic mass is 10.2. The first-order chi connectivity index (χ1) is 9.11. The van der Waals surface area contributed by atoms with Crippen molar-refractivity contribution in [3.63, 3.8) is 0 Å². The van der Waals surface area contributed by atoms with Crippen LogP contribution in [0.3, 0.4) is 0 Å². The first-order valence-corrected chi connectivity index (χ1v) is 6.36. The SMILES string of the molecule is O=C(CCCO[N+](=O)[O-])NSc1ccc(CO)cc1. The van der Waals surface area contributed by atoms with Crippen LogP contribution < -0.4 is 4.72 Å². The molecule has 0 unspecified atom stereocenters. The lowest BCUT2D eigenvalue weighted by molar-refractivity contribution is -0.757. The van der Waals surface area contributed by atoms with E-state index in [-0.39, 0.29) is 32.0 Å². The van der Waals surface area contributed by atoms with E-state index >= 15 is 0 Å². The number of aliphatic hydroxyl groups excluding tert-OH is 1. The van der Waals surface area contributed by atoms with Crippen molar-refractivity contribution in [2.75, 3.05) is 6.61 Å². The zero-order valence-corrected chi connectivity index (χ0v) is 10.9. The monoisotopic (exact) mass is 286 g/mol. The normalized spacial score (nSPS) is 9.95. The molecule has 0 saturated heterocycles. The van der Waals surface area contributed by atoms with E-state index in [9.17, 15) is 14.9 Å². The van der Waals surface area contributed by atoms with Crippen molar-refractivity contribution in [2.24, 2.45) is 0 Å². The van der Waals surface area contributed by atoms with Crippen LogP contribution in [0.15, 0.2) is 29.2 Å². The lowest BCUT2D eigenvalue weighted by Crippen LogP contribution is -2.16. The van der Waals surface area contributed by atoms with Gasteiger partial charge in [-0.15, -0.1) is 10.1 Å². The number of nitrogens with zero attached hydrogens (tertiary/aromatic N) is 1. The minimum atomic E-state index is -0.880. The summed E-state index contributed by atoms with van der Waals surface area (Å²) in [6.07, 6.45) is 0.451. The Labute approximate surface area is 114 Å². The van der Waals surface area contributed by atoms with Gasteiger partial charge in [0, 0.05) is 11.3 Å². The molecule has 0 fully saturated rings. The Balaban J connectivity index is 2.20. The maximum atomic E-state index is 11.4. The molecule has 1 aromatic carbocycles. The molecule has 0 aliphatic rings. The molecule has 0 saturated carbocycles. The highest BCUT2D eigenvalue weighted by molar-refractivity contribution is 7.98. The molecular formula is C11H14N2O5S. The highest BCUT2D eigenvalue weighted by Crippen LogP contribution is 2.15. The molecule has 0 aromatic heterocycles. The van der Waals surface area contributed by atoms with Crippen LogP contribution in [0.5, 0.6) is 0 Å². The summed E-state index contributed by atoms with van der Waals surface area (Å²) in [5.41, 5.74) is 0.799. The lowest BCUT2D eigenvalue weighted by Gasteiger charge is -2.04. The zero-order valence-electron chi connectivity index (χ0n) is 10.1. The number of amides is 1. The predicted octanol–water partition coefficient (Wildman–Crippen LogP) is 1.29. The summed E-state index contributed by atoms with van der Waals surface area (Å²) >= 11 is 1.16. The molecule has 19 heavy (non-hydrogen) atoms. The van der Waals surface area contributed by atoms with Gasteiger partial charge < -0.3 is 9.94 Å². The maximum Gasteiger partial charge on any atom is 0.294 e. The summed E-state index contributed by atoms with van der Waals surface area (Å²) in [4.78, 5) is 26.2. The van der Waals surface area contributed by atoms with Gasteiger partial charge in [-0.3, -0.25) is 9.52 Å². The first kappa shape index (κ1) is 15.3. The van der Waals surface area contributed by atoms with Crippen LogP contribution in [0.25, 0.3) is 0 Å². The third kappa shape index (κ3) is 6.63. The van der Waals surface area contributed by atoms with Crippen LogP contribution >= 0.6 is 11.9 Å². The van der Waals surface area contributed by atoms with Crippen LogP contribution in [-0.2, 0) is 16.2 Å². The molecule has 1 amide bonds. The number of rotatable bonds is 8. The van der Waals surface area contributed by atoms with Gasteiger partial charge in [-0.1, -0.05) is 12.1 Å². The van der Waals surface area contributed by atoms with E-state index in [4.69, 9.17) is 5.11 Å². The molecular weight excluding hydrogens is 272 g/mol. The molecule has 104 valence electrons. The van der Waals surface area contributed by atoms with E-state index in [0.29, 0.717) is 0 Å². The van der Waals surface area contributed by atoms with Crippen LogP contribution in [0.2, 0.25) is 0 Å². The fraction of sp³-hybridized carbons (Fsp3) is 0.364. The van der Waals surface area contributed by atoms with Crippen molar-refractivity contribution in [2.45, 2.75) is 24.3 Å². The van der Waals surface area contributed by atoms with Gasteiger partial charge in [-0.05, 0) is 36.1 Å². The second-order valence-corrected chi connectivity index (χ2v) is 4.47. The Hall–Kier alpha value is -1.80. The smallest absolute Gasteiger partial charge is 0.294 e. The quantitative estimate of drug-likeness (QED) is 0.323. The predicted molar refractivity (Wildman–Crippen MR) is 68.5 cm³/mol. The molecule has 0 bridgehead atoms. The van der Waals surface area contributed by atoms with Crippen LogP contribution in [0, 0.1) is 10.1 Å². The third-order valence-electron chi connectivity index (χ3n) is 2.13. The van der Waals surface area contributed by atoms with Crippen molar-refractivity contribution < 1.29 is 19.8 Å². The van der Waals surface area contributed by atoms with E-state index in [2.05, 4.69) is 9.56 Å². The molecule has 0 aliphatic heterocycles. The highest BCUT2D eigenvalue weighted by Gasteiger charge is 2.03. The molecule has 7 nitrogen and oxygen atoms in total. The van der Waals surface area contributed by atoms with Crippen molar-refractivity contribution >= 4 is 17.9 Å². The number of nitrogens with one attached hydrogen (secondary N) is 1. The average Bonchev–Trinajstić information content (AvgIpc) is 2.41. The van der Waals surface area contributed by atoms with Crippen molar-refractivity contribution in [1.82, 2.24) is 4.72 Å². The van der Waals surface area contributed by atoms with Gasteiger partial charge in [0.25, 0.3) is 5.09 Å². The molecule has 0 heterocycles. The summed E-state index contributed by atoms with van der Waals surface area (Å²) in [5, 5.41) is 17.9. The van der Waals surface area contributed by atoms with Gasteiger partial charge in [-0.25, -0.2) is 0 Å². The van der Waals surface area contributed by atoms with E-state index < -0.39 is 5.09 Å². The van der Waals surface area contributed by atoms with E-state index in [1.54, 1.807) is 24.3 Å². The molecule has 0 radical (unpaired) electrons. The zero-order chi connectivity index (χ0) is 14.1. The molecule has 0 aliphatic carbocycles. The Morgan fingerprint density at radius 2 is 2.11 bits per heavy atom. The van der Waals surface area contributed by atoms with Crippen molar-refractivity contribution in [3.8, 4) is 0 Å². The fourth-order valence-electron chi connectivity index (χ4n) is 1.20. The summed E-state index contributed by atoms with van der Waals surface area (Å²) in [5.74, 6) is -0.219. The van der Waals surface area contributed by atoms with Gasteiger partial charge in [0.2, 0.25) is 5.91 Å².